The number of hydrogen-bond acceptors (Lipinski definition) is 3. The Balaban J connectivity index is 2.66. The van der Waals surface area contributed by atoms with Crippen LogP contribution in [-0.4, -0.2) is 18.3 Å². The van der Waals surface area contributed by atoms with Crippen LogP contribution >= 0.6 is 11.9 Å². The lowest BCUT2D eigenvalue weighted by Gasteiger charge is -2.21. The molecule has 1 aromatic carbocycles. The molecular weight excluding hydrogens is 234 g/mol. The Morgan fingerprint density at radius 3 is 2.76 bits per heavy atom. The van der Waals surface area contributed by atoms with Gasteiger partial charge in [0.05, 0.1) is 6.07 Å². The van der Waals surface area contributed by atoms with Crippen molar-refractivity contribution in [3.8, 4) is 6.07 Å². The largest absolute Gasteiger partial charge is 0.331 e. The Bertz CT molecular complexity index is 388. The summed E-state index contributed by atoms with van der Waals surface area (Å²) in [7, 11) is 0. The minimum Gasteiger partial charge on any atom is -0.294 e. The molecule has 0 aliphatic rings. The third kappa shape index (κ3) is 4.37. The van der Waals surface area contributed by atoms with Crippen LogP contribution < -0.4 is 9.62 Å². The Morgan fingerprint density at radius 2 is 2.18 bits per heavy atom. The van der Waals surface area contributed by atoms with Gasteiger partial charge < -0.3 is 0 Å². The van der Waals surface area contributed by atoms with Gasteiger partial charge in [0.15, 0.2) is 0 Å². The fourth-order valence-corrected chi connectivity index (χ4v) is 1.74. The molecule has 0 saturated heterocycles. The summed E-state index contributed by atoms with van der Waals surface area (Å²) < 4.78 is 2.65. The number of benzene rings is 1. The van der Waals surface area contributed by atoms with Crippen LogP contribution in [0.1, 0.15) is 13.3 Å². The van der Waals surface area contributed by atoms with E-state index in [1.54, 1.807) is 4.90 Å². The van der Waals surface area contributed by atoms with Gasteiger partial charge in [0.1, 0.15) is 5.75 Å². The van der Waals surface area contributed by atoms with Crippen LogP contribution in [0.5, 0.6) is 0 Å². The summed E-state index contributed by atoms with van der Waals surface area (Å²) in [6.07, 6.45) is 0.880. The maximum atomic E-state index is 11.9. The van der Waals surface area contributed by atoms with Gasteiger partial charge in [0.2, 0.25) is 0 Å². The normalized spacial score (nSPS) is 9.41. The smallest absolute Gasteiger partial charge is 0.294 e. The van der Waals surface area contributed by atoms with Gasteiger partial charge >= 0.3 is 6.03 Å². The molecule has 1 aromatic rings. The van der Waals surface area contributed by atoms with E-state index in [0.717, 1.165) is 24.1 Å². The molecule has 0 atom stereocenters. The number of para-hydroxylation sites is 1. The molecule has 0 aliphatic carbocycles. The zero-order valence-electron chi connectivity index (χ0n) is 9.72. The van der Waals surface area contributed by atoms with E-state index in [0.29, 0.717) is 6.54 Å². The first-order valence-corrected chi connectivity index (χ1v) is 6.39. The van der Waals surface area contributed by atoms with Crippen molar-refractivity contribution in [2.24, 2.45) is 0 Å². The lowest BCUT2D eigenvalue weighted by Crippen LogP contribution is -2.37. The first-order valence-electron chi connectivity index (χ1n) is 5.41. The topological polar surface area (TPSA) is 56.1 Å². The van der Waals surface area contributed by atoms with Crippen molar-refractivity contribution in [1.29, 1.82) is 5.26 Å². The second-order valence-corrected chi connectivity index (χ2v) is 4.12. The average Bonchev–Trinajstić information content (AvgIpc) is 2.37. The Kier molecular flexibility index (Phi) is 5.97. The first kappa shape index (κ1) is 13.4. The van der Waals surface area contributed by atoms with Crippen molar-refractivity contribution in [2.75, 3.05) is 17.2 Å². The van der Waals surface area contributed by atoms with E-state index in [2.05, 4.69) is 4.72 Å². The lowest BCUT2D eigenvalue weighted by molar-refractivity contribution is 0.251. The predicted molar refractivity (Wildman–Crippen MR) is 70.7 cm³/mol. The first-order chi connectivity index (χ1) is 8.29. The molecule has 0 fully saturated rings. The maximum absolute atomic E-state index is 11.9. The van der Waals surface area contributed by atoms with E-state index < -0.39 is 0 Å². The predicted octanol–water partition coefficient (Wildman–Crippen LogP) is 2.78. The molecule has 4 nitrogen and oxygen atoms in total. The fourth-order valence-electron chi connectivity index (χ4n) is 1.36. The second kappa shape index (κ2) is 7.58. The van der Waals surface area contributed by atoms with Crippen LogP contribution in [0.15, 0.2) is 30.3 Å². The molecule has 0 bridgehead atoms. The minimum absolute atomic E-state index is 0.182. The van der Waals surface area contributed by atoms with Crippen LogP contribution in [0.2, 0.25) is 0 Å². The van der Waals surface area contributed by atoms with Gasteiger partial charge in [-0.15, -0.1) is 0 Å². The van der Waals surface area contributed by atoms with E-state index in [1.165, 1.54) is 0 Å². The van der Waals surface area contributed by atoms with Crippen molar-refractivity contribution in [3.05, 3.63) is 30.3 Å². The van der Waals surface area contributed by atoms with E-state index in [9.17, 15) is 4.79 Å². The highest BCUT2D eigenvalue weighted by atomic mass is 32.2. The summed E-state index contributed by atoms with van der Waals surface area (Å²) >= 11 is 1.11. The van der Waals surface area contributed by atoms with E-state index in [1.807, 2.05) is 43.3 Å². The number of rotatable bonds is 5. The van der Waals surface area contributed by atoms with Crippen LogP contribution in [0.3, 0.4) is 0 Å². The Morgan fingerprint density at radius 1 is 1.47 bits per heavy atom. The minimum atomic E-state index is -0.182. The number of carbonyl (C=O) groups excluding carboxylic acids is 1. The van der Waals surface area contributed by atoms with E-state index in [-0.39, 0.29) is 11.8 Å². The third-order valence-electron chi connectivity index (χ3n) is 2.06. The number of carbonyl (C=O) groups is 1. The molecule has 17 heavy (non-hydrogen) atoms. The van der Waals surface area contributed by atoms with Crippen LogP contribution in [0.4, 0.5) is 10.5 Å². The molecule has 1 N–H and O–H groups in total. The highest BCUT2D eigenvalue weighted by Crippen LogP contribution is 2.14. The summed E-state index contributed by atoms with van der Waals surface area (Å²) in [5, 5.41) is 8.40. The summed E-state index contributed by atoms with van der Waals surface area (Å²) in [6.45, 7) is 2.68. The molecule has 90 valence electrons. The van der Waals surface area contributed by atoms with Crippen molar-refractivity contribution in [2.45, 2.75) is 13.3 Å². The monoisotopic (exact) mass is 249 g/mol. The second-order valence-electron chi connectivity index (χ2n) is 3.34. The molecule has 0 unspecified atom stereocenters. The molecule has 0 aromatic heterocycles. The number of nitrogens with one attached hydrogen (secondary N) is 1. The summed E-state index contributed by atoms with van der Waals surface area (Å²) in [4.78, 5) is 13.6. The zero-order chi connectivity index (χ0) is 12.5. The SMILES string of the molecule is CCCN(C(=O)NSCC#N)c1ccccc1. The molecule has 0 aliphatic heterocycles. The number of urea groups is 1. The van der Waals surface area contributed by atoms with Gasteiger partial charge in [-0.1, -0.05) is 25.1 Å². The molecule has 0 spiro atoms. The molecule has 0 heterocycles. The molecule has 0 radical (unpaired) electrons. The number of hydrogen-bond donors (Lipinski definition) is 1. The van der Waals surface area contributed by atoms with Crippen LogP contribution in [0.25, 0.3) is 0 Å². The average molecular weight is 249 g/mol. The van der Waals surface area contributed by atoms with E-state index in [4.69, 9.17) is 5.26 Å². The van der Waals surface area contributed by atoms with Gasteiger partial charge in [-0.25, -0.2) is 4.79 Å². The van der Waals surface area contributed by atoms with Gasteiger partial charge in [-0.3, -0.25) is 9.62 Å². The highest BCUT2D eigenvalue weighted by molar-refractivity contribution is 7.98. The Hall–Kier alpha value is -1.67. The summed E-state index contributed by atoms with van der Waals surface area (Å²) in [6, 6.07) is 11.3. The molecule has 1 rings (SSSR count). The number of nitriles is 1. The number of anilines is 1. The molecular formula is C12H15N3OS. The standard InChI is InChI=1S/C12H15N3OS/c1-2-9-15(11-6-4-3-5-7-11)12(16)14-17-10-8-13/h3-7H,2,9-10H2,1H3,(H,14,16). The van der Waals surface area contributed by atoms with Crippen molar-refractivity contribution < 1.29 is 4.79 Å². The quantitative estimate of drug-likeness (QED) is 0.645. The van der Waals surface area contributed by atoms with Crippen LogP contribution in [0, 0.1) is 11.3 Å². The maximum Gasteiger partial charge on any atom is 0.331 e. The molecule has 2 amide bonds. The highest BCUT2D eigenvalue weighted by Gasteiger charge is 2.13. The van der Waals surface area contributed by atoms with Gasteiger partial charge in [-0.2, -0.15) is 5.26 Å². The summed E-state index contributed by atoms with van der Waals surface area (Å²) in [5.74, 6) is 0.250. The Labute approximate surface area is 106 Å². The van der Waals surface area contributed by atoms with Gasteiger partial charge in [0, 0.05) is 12.2 Å². The third-order valence-corrected chi connectivity index (χ3v) is 2.65. The van der Waals surface area contributed by atoms with Gasteiger partial charge in [-0.05, 0) is 30.5 Å². The number of nitrogens with zero attached hydrogens (tertiary/aromatic N) is 2. The summed E-state index contributed by atoms with van der Waals surface area (Å²) in [5.41, 5.74) is 0.865. The molecule has 5 heteroatoms. The van der Waals surface area contributed by atoms with Crippen molar-refractivity contribution in [1.82, 2.24) is 4.72 Å². The van der Waals surface area contributed by atoms with Crippen LogP contribution in [-0.2, 0) is 0 Å². The fraction of sp³-hybridized carbons (Fsp3) is 0.333. The zero-order valence-corrected chi connectivity index (χ0v) is 10.5. The van der Waals surface area contributed by atoms with Crippen molar-refractivity contribution >= 4 is 23.7 Å². The van der Waals surface area contributed by atoms with Crippen molar-refractivity contribution in [3.63, 3.8) is 0 Å². The number of amides is 2. The molecule has 0 saturated carbocycles. The lowest BCUT2D eigenvalue weighted by atomic mass is 10.3. The van der Waals surface area contributed by atoms with E-state index >= 15 is 0 Å². The van der Waals surface area contributed by atoms with Gasteiger partial charge in [0.25, 0.3) is 0 Å².